The summed E-state index contributed by atoms with van der Waals surface area (Å²) in [5, 5.41) is 0. The summed E-state index contributed by atoms with van der Waals surface area (Å²) < 4.78 is 0. The molecule has 0 saturated heterocycles. The third-order valence-corrected chi connectivity index (χ3v) is 2.54. The highest BCUT2D eigenvalue weighted by atomic mass is 14.2. The van der Waals surface area contributed by atoms with E-state index in [4.69, 9.17) is 0 Å². The number of rotatable bonds is 4. The third-order valence-electron chi connectivity index (χ3n) is 2.54. The monoisotopic (exact) mass is 154 g/mol. The van der Waals surface area contributed by atoms with Gasteiger partial charge in [0, 0.05) is 0 Å². The molecule has 0 aromatic carbocycles. The van der Waals surface area contributed by atoms with Gasteiger partial charge in [-0.1, -0.05) is 38.8 Å². The highest BCUT2D eigenvalue weighted by Crippen LogP contribution is 2.22. The smallest absolute Gasteiger partial charge is 0.0292 e. The van der Waals surface area contributed by atoms with Crippen LogP contribution < -0.4 is 0 Å². The van der Waals surface area contributed by atoms with Crippen molar-refractivity contribution in [3.05, 3.63) is 11.6 Å². The second-order valence-corrected chi connectivity index (χ2v) is 3.75. The average molecular weight is 154 g/mol. The van der Waals surface area contributed by atoms with Gasteiger partial charge in [0.05, 0.1) is 0 Å². The fourth-order valence-corrected chi connectivity index (χ4v) is 1.38. The Morgan fingerprint density at radius 2 is 1.91 bits per heavy atom. The van der Waals surface area contributed by atoms with E-state index in [-0.39, 0.29) is 0 Å². The van der Waals surface area contributed by atoms with Gasteiger partial charge >= 0.3 is 0 Å². The highest BCUT2D eigenvalue weighted by molar-refractivity contribution is 4.97. The molecule has 0 aliphatic rings. The lowest BCUT2D eigenvalue weighted by Crippen LogP contribution is -2.07. The maximum absolute atomic E-state index is 2.32. The molecular formula is C11H22. The zero-order valence-electron chi connectivity index (χ0n) is 8.65. The van der Waals surface area contributed by atoms with Crippen molar-refractivity contribution in [2.75, 3.05) is 0 Å². The van der Waals surface area contributed by atoms with Crippen LogP contribution in [-0.4, -0.2) is 0 Å². The SMILES string of the molecule is CC=C(C)CC(CC)C(C)C. The van der Waals surface area contributed by atoms with Crippen molar-refractivity contribution < 1.29 is 0 Å². The first kappa shape index (κ1) is 10.7. The minimum atomic E-state index is 0.829. The van der Waals surface area contributed by atoms with Crippen molar-refractivity contribution >= 4 is 0 Å². The van der Waals surface area contributed by atoms with E-state index in [1.54, 1.807) is 0 Å². The molecule has 0 heterocycles. The van der Waals surface area contributed by atoms with Crippen LogP contribution in [0.5, 0.6) is 0 Å². The van der Waals surface area contributed by atoms with E-state index in [0.717, 1.165) is 11.8 Å². The molecule has 0 spiro atoms. The van der Waals surface area contributed by atoms with Crippen LogP contribution in [0.3, 0.4) is 0 Å². The van der Waals surface area contributed by atoms with Crippen LogP contribution in [0.15, 0.2) is 11.6 Å². The van der Waals surface area contributed by atoms with Gasteiger partial charge in [0.15, 0.2) is 0 Å². The van der Waals surface area contributed by atoms with E-state index in [1.807, 2.05) is 0 Å². The van der Waals surface area contributed by atoms with Gasteiger partial charge in [-0.2, -0.15) is 0 Å². The first-order valence-corrected chi connectivity index (χ1v) is 4.73. The summed E-state index contributed by atoms with van der Waals surface area (Å²) in [5.74, 6) is 1.71. The molecule has 0 nitrogen and oxygen atoms in total. The zero-order valence-corrected chi connectivity index (χ0v) is 8.65. The largest absolute Gasteiger partial charge is 0.0887 e. The maximum atomic E-state index is 2.32. The van der Waals surface area contributed by atoms with Gasteiger partial charge in [-0.05, 0) is 32.1 Å². The molecular weight excluding hydrogens is 132 g/mol. The molecule has 66 valence electrons. The third kappa shape index (κ3) is 4.23. The van der Waals surface area contributed by atoms with Crippen LogP contribution in [0.1, 0.15) is 47.5 Å². The van der Waals surface area contributed by atoms with E-state index >= 15 is 0 Å². The summed E-state index contributed by atoms with van der Waals surface area (Å²) in [6, 6.07) is 0. The molecule has 0 fully saturated rings. The molecule has 0 aliphatic heterocycles. The average Bonchev–Trinajstić information content (AvgIpc) is 1.99. The summed E-state index contributed by atoms with van der Waals surface area (Å²) in [7, 11) is 0. The summed E-state index contributed by atoms with van der Waals surface area (Å²) in [6.45, 7) is 11.3. The van der Waals surface area contributed by atoms with Gasteiger partial charge in [-0.3, -0.25) is 0 Å². The van der Waals surface area contributed by atoms with Crippen molar-refractivity contribution in [3.8, 4) is 0 Å². The first-order valence-electron chi connectivity index (χ1n) is 4.73. The van der Waals surface area contributed by atoms with Crippen molar-refractivity contribution in [2.45, 2.75) is 47.5 Å². The lowest BCUT2D eigenvalue weighted by molar-refractivity contribution is 0.370. The van der Waals surface area contributed by atoms with Crippen molar-refractivity contribution in [1.29, 1.82) is 0 Å². The Morgan fingerprint density at radius 1 is 1.36 bits per heavy atom. The Morgan fingerprint density at radius 3 is 2.18 bits per heavy atom. The maximum Gasteiger partial charge on any atom is -0.0292 e. The van der Waals surface area contributed by atoms with Crippen molar-refractivity contribution in [3.63, 3.8) is 0 Å². The van der Waals surface area contributed by atoms with Crippen LogP contribution in [0, 0.1) is 11.8 Å². The van der Waals surface area contributed by atoms with Crippen molar-refractivity contribution in [1.82, 2.24) is 0 Å². The van der Waals surface area contributed by atoms with E-state index in [0.29, 0.717) is 0 Å². The molecule has 1 atom stereocenters. The van der Waals surface area contributed by atoms with Gasteiger partial charge in [-0.15, -0.1) is 0 Å². The van der Waals surface area contributed by atoms with E-state index in [2.05, 4.69) is 40.7 Å². The predicted octanol–water partition coefficient (Wildman–Crippen LogP) is 4.02. The first-order chi connectivity index (χ1) is 5.11. The van der Waals surface area contributed by atoms with Gasteiger partial charge in [0.2, 0.25) is 0 Å². The lowest BCUT2D eigenvalue weighted by atomic mass is 9.87. The molecule has 0 bridgehead atoms. The number of hydrogen-bond donors (Lipinski definition) is 0. The van der Waals surface area contributed by atoms with Gasteiger partial charge in [0.1, 0.15) is 0 Å². The summed E-state index contributed by atoms with van der Waals surface area (Å²) in [5.41, 5.74) is 1.53. The van der Waals surface area contributed by atoms with Gasteiger partial charge in [0.25, 0.3) is 0 Å². The van der Waals surface area contributed by atoms with Crippen LogP contribution in [0.25, 0.3) is 0 Å². The van der Waals surface area contributed by atoms with Crippen LogP contribution in [-0.2, 0) is 0 Å². The Hall–Kier alpha value is -0.260. The normalized spacial score (nSPS) is 15.6. The molecule has 11 heavy (non-hydrogen) atoms. The Balaban J connectivity index is 3.88. The Bertz CT molecular complexity index is 120. The molecule has 0 aromatic heterocycles. The standard InChI is InChI=1S/C11H22/c1-6-10(5)8-11(7-2)9(3)4/h6,9,11H,7-8H2,1-5H3. The topological polar surface area (TPSA) is 0 Å². The van der Waals surface area contributed by atoms with E-state index in [1.165, 1.54) is 18.4 Å². The highest BCUT2D eigenvalue weighted by Gasteiger charge is 2.10. The predicted molar refractivity (Wildman–Crippen MR) is 52.7 cm³/mol. The van der Waals surface area contributed by atoms with Crippen molar-refractivity contribution in [2.24, 2.45) is 11.8 Å². The second-order valence-electron chi connectivity index (χ2n) is 3.75. The summed E-state index contributed by atoms with van der Waals surface area (Å²) in [6.07, 6.45) is 4.82. The molecule has 0 aliphatic carbocycles. The molecule has 1 unspecified atom stereocenters. The number of allylic oxidation sites excluding steroid dienone is 2. The van der Waals surface area contributed by atoms with E-state index < -0.39 is 0 Å². The molecule has 0 radical (unpaired) electrons. The van der Waals surface area contributed by atoms with Crippen LogP contribution >= 0.6 is 0 Å². The fourth-order valence-electron chi connectivity index (χ4n) is 1.38. The molecule has 0 saturated carbocycles. The lowest BCUT2D eigenvalue weighted by Gasteiger charge is -2.18. The molecule has 0 heteroatoms. The number of hydrogen-bond acceptors (Lipinski definition) is 0. The zero-order chi connectivity index (χ0) is 8.85. The minimum absolute atomic E-state index is 0.829. The van der Waals surface area contributed by atoms with Gasteiger partial charge in [-0.25, -0.2) is 0 Å². The van der Waals surface area contributed by atoms with E-state index in [9.17, 15) is 0 Å². The summed E-state index contributed by atoms with van der Waals surface area (Å²) >= 11 is 0. The Kier molecular flexibility index (Phi) is 5.27. The summed E-state index contributed by atoms with van der Waals surface area (Å²) in [4.78, 5) is 0. The second kappa shape index (κ2) is 5.40. The quantitative estimate of drug-likeness (QED) is 0.536. The van der Waals surface area contributed by atoms with Crippen LogP contribution in [0.2, 0.25) is 0 Å². The molecule has 0 rings (SSSR count). The minimum Gasteiger partial charge on any atom is -0.0887 e. The fraction of sp³-hybridized carbons (Fsp3) is 0.818. The Labute approximate surface area is 71.7 Å². The van der Waals surface area contributed by atoms with Gasteiger partial charge < -0.3 is 0 Å². The molecule has 0 N–H and O–H groups in total. The molecule has 0 amide bonds. The molecule has 0 aromatic rings. The van der Waals surface area contributed by atoms with Crippen LogP contribution in [0.4, 0.5) is 0 Å².